The van der Waals surface area contributed by atoms with E-state index >= 15 is 0 Å². The lowest BCUT2D eigenvalue weighted by atomic mass is 9.96. The van der Waals surface area contributed by atoms with Gasteiger partial charge in [0.25, 0.3) is 0 Å². The Bertz CT molecular complexity index is 891. The van der Waals surface area contributed by atoms with E-state index in [1.165, 1.54) is 54.7 Å². The average Bonchev–Trinajstić information content (AvgIpc) is 3.25. The summed E-state index contributed by atoms with van der Waals surface area (Å²) in [5, 5.41) is 12.3. The fraction of sp³-hybridized carbons (Fsp3) is 0.552. The molecule has 1 saturated heterocycles. The summed E-state index contributed by atoms with van der Waals surface area (Å²) >= 11 is 3.58. The van der Waals surface area contributed by atoms with E-state index in [0.29, 0.717) is 6.61 Å². The number of carbonyl (C=O) groups excluding carboxylic acids is 1. The van der Waals surface area contributed by atoms with E-state index in [2.05, 4.69) is 52.3 Å². The molecule has 3 atom stereocenters. The van der Waals surface area contributed by atoms with Crippen LogP contribution in [0.1, 0.15) is 75.2 Å². The van der Waals surface area contributed by atoms with Crippen LogP contribution in [0.2, 0.25) is 0 Å². The fourth-order valence-corrected chi connectivity index (χ4v) is 4.92. The lowest BCUT2D eigenvalue weighted by Crippen LogP contribution is -2.39. The third-order valence-corrected chi connectivity index (χ3v) is 7.49. The van der Waals surface area contributed by atoms with Crippen molar-refractivity contribution in [2.45, 2.75) is 82.2 Å². The van der Waals surface area contributed by atoms with Crippen molar-refractivity contribution in [2.75, 3.05) is 13.2 Å². The number of benzene rings is 2. The van der Waals surface area contributed by atoms with Crippen LogP contribution in [0, 0.1) is 5.92 Å². The largest absolute Gasteiger partial charge is 0.446 e. The van der Waals surface area contributed by atoms with Gasteiger partial charge >= 0.3 is 6.09 Å². The Balaban J connectivity index is 1.38. The number of amides is 1. The van der Waals surface area contributed by atoms with E-state index in [0.717, 1.165) is 18.4 Å². The number of hydrogen-bond donors (Lipinski definition) is 1. The predicted molar refractivity (Wildman–Crippen MR) is 143 cm³/mol. The molecule has 6 heteroatoms. The van der Waals surface area contributed by atoms with Crippen molar-refractivity contribution < 1.29 is 19.5 Å². The van der Waals surface area contributed by atoms with Gasteiger partial charge in [0.1, 0.15) is 6.61 Å². The molecule has 3 rings (SSSR count). The summed E-state index contributed by atoms with van der Waals surface area (Å²) in [6, 6.07) is 18.7. The topological polar surface area (TPSA) is 59.0 Å². The van der Waals surface area contributed by atoms with Gasteiger partial charge in [-0.15, -0.1) is 0 Å². The normalized spacial score (nSPS) is 17.6. The third-order valence-electron chi connectivity index (χ3n) is 6.72. The highest BCUT2D eigenvalue weighted by molar-refractivity contribution is 9.09. The Morgan fingerprint density at radius 3 is 2.31 bits per heavy atom. The quantitative estimate of drug-likeness (QED) is 0.193. The Labute approximate surface area is 218 Å². The summed E-state index contributed by atoms with van der Waals surface area (Å²) < 4.78 is 5.13. The second kappa shape index (κ2) is 14.6. The number of unbranched alkanes of at least 4 members (excludes halogenated alkanes) is 5. The first-order valence-corrected chi connectivity index (χ1v) is 13.9. The van der Waals surface area contributed by atoms with Gasteiger partial charge in [0.05, 0.1) is 23.6 Å². The number of rotatable bonds is 15. The Morgan fingerprint density at radius 1 is 0.971 bits per heavy atom. The zero-order chi connectivity index (χ0) is 25.0. The van der Waals surface area contributed by atoms with Crippen LogP contribution >= 0.6 is 15.9 Å². The number of ether oxygens (including phenoxy) is 1. The van der Waals surface area contributed by atoms with Crippen molar-refractivity contribution in [3.05, 3.63) is 71.3 Å². The molecular formula is C29H40BrNO4. The highest BCUT2D eigenvalue weighted by atomic mass is 79.9. The van der Waals surface area contributed by atoms with Crippen molar-refractivity contribution >= 4 is 22.0 Å². The molecule has 0 aliphatic carbocycles. The standard InChI is InChI=1S/C29H40BrNO4/c1-22(2)27-21-34-29(33)31(27)35-20-26(30)28(32)25-19-13-12-18-24(25)17-11-6-4-3-5-8-14-23-15-9-7-10-16-23/h7,9-10,12-13,15-16,18-19,22,26-28,32H,3-6,8,11,14,17,20-21H2,1-2H3/t26-,27+,28+/m0/s1. The molecule has 192 valence electrons. The maximum Gasteiger partial charge on any atom is 0.434 e. The molecule has 0 saturated carbocycles. The lowest BCUT2D eigenvalue weighted by molar-refractivity contribution is -0.142. The zero-order valence-corrected chi connectivity index (χ0v) is 22.7. The predicted octanol–water partition coefficient (Wildman–Crippen LogP) is 7.02. The highest BCUT2D eigenvalue weighted by Gasteiger charge is 2.37. The monoisotopic (exact) mass is 545 g/mol. The molecule has 2 aromatic carbocycles. The number of hydrogen-bond acceptors (Lipinski definition) is 4. The number of carbonyl (C=O) groups is 1. The number of nitrogens with zero attached hydrogens (tertiary/aromatic N) is 1. The molecule has 1 fully saturated rings. The van der Waals surface area contributed by atoms with Gasteiger partial charge in [-0.25, -0.2) is 4.79 Å². The van der Waals surface area contributed by atoms with Crippen LogP contribution in [0.5, 0.6) is 0 Å². The third kappa shape index (κ3) is 8.62. The van der Waals surface area contributed by atoms with Gasteiger partial charge in [-0.3, -0.25) is 4.84 Å². The number of halogens is 1. The summed E-state index contributed by atoms with van der Waals surface area (Å²) in [5.74, 6) is 0.227. The van der Waals surface area contributed by atoms with Crippen LogP contribution < -0.4 is 0 Å². The summed E-state index contributed by atoms with van der Waals surface area (Å²) in [7, 11) is 0. The molecule has 1 aliphatic heterocycles. The minimum atomic E-state index is -0.722. The summed E-state index contributed by atoms with van der Waals surface area (Å²) in [5.41, 5.74) is 3.53. The van der Waals surface area contributed by atoms with Crippen molar-refractivity contribution in [3.8, 4) is 0 Å². The second-order valence-electron chi connectivity index (χ2n) is 9.78. The molecule has 0 spiro atoms. The van der Waals surface area contributed by atoms with E-state index in [1.807, 2.05) is 32.0 Å². The second-order valence-corrected chi connectivity index (χ2v) is 11.0. The minimum absolute atomic E-state index is 0.107. The van der Waals surface area contributed by atoms with Gasteiger partial charge in [0, 0.05) is 0 Å². The lowest BCUT2D eigenvalue weighted by Gasteiger charge is -2.26. The highest BCUT2D eigenvalue weighted by Crippen LogP contribution is 2.28. The fourth-order valence-electron chi connectivity index (χ4n) is 4.52. The Hall–Kier alpha value is -1.89. The Kier molecular flexibility index (Phi) is 11.6. The molecule has 5 nitrogen and oxygen atoms in total. The van der Waals surface area contributed by atoms with E-state index in [4.69, 9.17) is 9.57 Å². The van der Waals surface area contributed by atoms with Crippen molar-refractivity contribution in [1.82, 2.24) is 5.06 Å². The first-order chi connectivity index (χ1) is 17.0. The smallest absolute Gasteiger partial charge is 0.434 e. The molecule has 0 unspecified atom stereocenters. The van der Waals surface area contributed by atoms with Gasteiger partial charge < -0.3 is 9.84 Å². The first-order valence-electron chi connectivity index (χ1n) is 13.0. The van der Waals surface area contributed by atoms with E-state index < -0.39 is 12.2 Å². The Morgan fingerprint density at radius 2 is 1.60 bits per heavy atom. The molecule has 2 aromatic rings. The number of aryl methyl sites for hydroxylation is 2. The molecule has 1 N–H and O–H groups in total. The first kappa shape index (κ1) is 27.7. The molecular weight excluding hydrogens is 506 g/mol. The van der Waals surface area contributed by atoms with Crippen LogP contribution in [-0.2, 0) is 22.4 Å². The number of hydroxylamine groups is 2. The molecule has 35 heavy (non-hydrogen) atoms. The van der Waals surface area contributed by atoms with Crippen LogP contribution in [0.15, 0.2) is 54.6 Å². The van der Waals surface area contributed by atoms with Crippen LogP contribution in [0.25, 0.3) is 0 Å². The van der Waals surface area contributed by atoms with Crippen molar-refractivity contribution in [2.24, 2.45) is 5.92 Å². The maximum absolute atomic E-state index is 12.0. The van der Waals surface area contributed by atoms with Gasteiger partial charge in [0.2, 0.25) is 0 Å². The van der Waals surface area contributed by atoms with Crippen LogP contribution in [0.3, 0.4) is 0 Å². The molecule has 1 heterocycles. The average molecular weight is 547 g/mol. The maximum atomic E-state index is 12.0. The van der Waals surface area contributed by atoms with Crippen molar-refractivity contribution in [3.63, 3.8) is 0 Å². The van der Waals surface area contributed by atoms with Gasteiger partial charge in [-0.2, -0.15) is 5.06 Å². The van der Waals surface area contributed by atoms with E-state index in [-0.39, 0.29) is 23.4 Å². The molecule has 1 amide bonds. The SMILES string of the molecule is CC(C)[C@H]1COC(=O)N1OC[C@H](Br)[C@H](O)c1ccccc1CCCCCCCCc1ccccc1. The summed E-state index contributed by atoms with van der Waals surface area (Å²) in [4.78, 5) is 17.4. The number of alkyl halides is 1. The molecule has 1 aliphatic rings. The number of aliphatic hydroxyl groups excluding tert-OH is 1. The van der Waals surface area contributed by atoms with Gasteiger partial charge in [0.15, 0.2) is 0 Å². The zero-order valence-electron chi connectivity index (χ0n) is 21.1. The molecule has 0 radical (unpaired) electrons. The van der Waals surface area contributed by atoms with E-state index in [9.17, 15) is 9.90 Å². The van der Waals surface area contributed by atoms with Crippen LogP contribution in [-0.4, -0.2) is 40.3 Å². The molecule has 0 aromatic heterocycles. The van der Waals surface area contributed by atoms with Gasteiger partial charge in [-0.1, -0.05) is 110 Å². The van der Waals surface area contributed by atoms with E-state index in [1.54, 1.807) is 0 Å². The number of cyclic esters (lactones) is 1. The number of aliphatic hydroxyl groups is 1. The van der Waals surface area contributed by atoms with Crippen molar-refractivity contribution in [1.29, 1.82) is 0 Å². The van der Waals surface area contributed by atoms with Gasteiger partial charge in [-0.05, 0) is 48.3 Å². The summed E-state index contributed by atoms with van der Waals surface area (Å²) in [6.45, 7) is 4.58. The summed E-state index contributed by atoms with van der Waals surface area (Å²) in [6.07, 6.45) is 8.29. The molecule has 0 bridgehead atoms. The minimum Gasteiger partial charge on any atom is -0.446 e. The van der Waals surface area contributed by atoms with Crippen LogP contribution in [0.4, 0.5) is 4.79 Å².